The topological polar surface area (TPSA) is 18.5 Å². The molecule has 1 aliphatic rings. The highest BCUT2D eigenvalue weighted by Gasteiger charge is 2.37. The molecule has 0 aromatic carbocycles. The molecule has 2 heteroatoms. The molecule has 0 aromatic heterocycles. The molecular formula is C8H16O2. The van der Waals surface area contributed by atoms with Crippen molar-refractivity contribution in [3.8, 4) is 0 Å². The number of rotatable bonds is 1. The average molecular weight is 144 g/mol. The molecule has 1 heterocycles. The summed E-state index contributed by atoms with van der Waals surface area (Å²) in [6, 6.07) is 0. The third kappa shape index (κ3) is 1.50. The molecule has 1 aliphatic heterocycles. The Balaban J connectivity index is 2.52. The number of hydrogen-bond donors (Lipinski definition) is 0. The van der Waals surface area contributed by atoms with Crippen molar-refractivity contribution in [2.45, 2.75) is 52.1 Å². The van der Waals surface area contributed by atoms with Crippen LogP contribution < -0.4 is 0 Å². The number of ether oxygens (including phenoxy) is 2. The molecule has 0 spiro atoms. The minimum Gasteiger partial charge on any atom is -0.345 e. The molecule has 2 atom stereocenters. The van der Waals surface area contributed by atoms with Crippen LogP contribution in [0.15, 0.2) is 0 Å². The van der Waals surface area contributed by atoms with Gasteiger partial charge in [0.1, 0.15) is 0 Å². The fourth-order valence-corrected chi connectivity index (χ4v) is 1.43. The monoisotopic (exact) mass is 144 g/mol. The van der Waals surface area contributed by atoms with Gasteiger partial charge in [-0.05, 0) is 27.2 Å². The first-order valence-corrected chi connectivity index (χ1v) is 3.91. The van der Waals surface area contributed by atoms with E-state index in [1.165, 1.54) is 0 Å². The van der Waals surface area contributed by atoms with E-state index in [0.717, 1.165) is 6.42 Å². The van der Waals surface area contributed by atoms with E-state index in [1.54, 1.807) is 0 Å². The van der Waals surface area contributed by atoms with Gasteiger partial charge in [-0.15, -0.1) is 0 Å². The van der Waals surface area contributed by atoms with Gasteiger partial charge in [-0.25, -0.2) is 0 Å². The van der Waals surface area contributed by atoms with Crippen LogP contribution in [0.5, 0.6) is 0 Å². The molecule has 1 fully saturated rings. The van der Waals surface area contributed by atoms with Crippen LogP contribution in [-0.4, -0.2) is 18.0 Å². The van der Waals surface area contributed by atoms with Gasteiger partial charge in [-0.3, -0.25) is 0 Å². The molecule has 1 saturated heterocycles. The average Bonchev–Trinajstić information content (AvgIpc) is 2.05. The fraction of sp³-hybridized carbons (Fsp3) is 1.00. The molecule has 2 unspecified atom stereocenters. The molecule has 0 aromatic rings. The summed E-state index contributed by atoms with van der Waals surface area (Å²) < 4.78 is 11.1. The fourth-order valence-electron chi connectivity index (χ4n) is 1.43. The zero-order valence-corrected chi connectivity index (χ0v) is 7.18. The first-order chi connectivity index (χ1) is 4.55. The van der Waals surface area contributed by atoms with Crippen LogP contribution in [0, 0.1) is 0 Å². The molecule has 1 rings (SSSR count). The van der Waals surface area contributed by atoms with Crippen molar-refractivity contribution in [1.29, 1.82) is 0 Å². The summed E-state index contributed by atoms with van der Waals surface area (Å²) in [6.45, 7) is 8.09. The summed E-state index contributed by atoms with van der Waals surface area (Å²) in [4.78, 5) is 0. The molecule has 0 N–H and O–H groups in total. The van der Waals surface area contributed by atoms with E-state index in [0.29, 0.717) is 0 Å². The molecule has 60 valence electrons. The van der Waals surface area contributed by atoms with Gasteiger partial charge in [0.15, 0.2) is 5.79 Å². The lowest BCUT2D eigenvalue weighted by atomic mass is 10.2. The molecular weight excluding hydrogens is 128 g/mol. The van der Waals surface area contributed by atoms with Gasteiger partial charge < -0.3 is 9.47 Å². The van der Waals surface area contributed by atoms with Crippen LogP contribution in [-0.2, 0) is 9.47 Å². The Morgan fingerprint density at radius 3 is 2.10 bits per heavy atom. The zero-order valence-electron chi connectivity index (χ0n) is 7.18. The summed E-state index contributed by atoms with van der Waals surface area (Å²) >= 11 is 0. The lowest BCUT2D eigenvalue weighted by Crippen LogP contribution is -2.21. The van der Waals surface area contributed by atoms with Gasteiger partial charge in [-0.1, -0.05) is 6.92 Å². The quantitative estimate of drug-likeness (QED) is 0.560. The Morgan fingerprint density at radius 1 is 1.30 bits per heavy atom. The van der Waals surface area contributed by atoms with Crippen molar-refractivity contribution in [1.82, 2.24) is 0 Å². The molecule has 0 aliphatic carbocycles. The summed E-state index contributed by atoms with van der Waals surface area (Å²) in [7, 11) is 0. The maximum Gasteiger partial charge on any atom is 0.163 e. The highest BCUT2D eigenvalue weighted by molar-refractivity contribution is 4.76. The summed E-state index contributed by atoms with van der Waals surface area (Å²) in [5, 5.41) is 0. The van der Waals surface area contributed by atoms with Gasteiger partial charge >= 0.3 is 0 Å². The zero-order chi connectivity index (χ0) is 7.78. The van der Waals surface area contributed by atoms with E-state index >= 15 is 0 Å². The van der Waals surface area contributed by atoms with Crippen LogP contribution in [0.25, 0.3) is 0 Å². The summed E-state index contributed by atoms with van der Waals surface area (Å²) in [6.07, 6.45) is 1.57. The van der Waals surface area contributed by atoms with Gasteiger partial charge in [-0.2, -0.15) is 0 Å². The molecule has 0 radical (unpaired) electrons. The van der Waals surface area contributed by atoms with Gasteiger partial charge in [0.05, 0.1) is 12.2 Å². The van der Waals surface area contributed by atoms with Gasteiger partial charge in [0.25, 0.3) is 0 Å². The van der Waals surface area contributed by atoms with Crippen molar-refractivity contribution in [3.05, 3.63) is 0 Å². The Labute approximate surface area is 62.5 Å². The van der Waals surface area contributed by atoms with Gasteiger partial charge in [0, 0.05) is 0 Å². The largest absolute Gasteiger partial charge is 0.345 e. The highest BCUT2D eigenvalue weighted by atomic mass is 16.7. The third-order valence-corrected chi connectivity index (χ3v) is 1.83. The maximum absolute atomic E-state index is 5.59. The van der Waals surface area contributed by atoms with E-state index in [1.807, 2.05) is 13.8 Å². The Hall–Kier alpha value is -0.0800. The maximum atomic E-state index is 5.59. The van der Waals surface area contributed by atoms with Crippen molar-refractivity contribution in [2.24, 2.45) is 0 Å². The van der Waals surface area contributed by atoms with Crippen molar-refractivity contribution in [3.63, 3.8) is 0 Å². The highest BCUT2D eigenvalue weighted by Crippen LogP contribution is 2.28. The van der Waals surface area contributed by atoms with Crippen molar-refractivity contribution in [2.75, 3.05) is 0 Å². The molecule has 10 heavy (non-hydrogen) atoms. The molecule has 0 amide bonds. The van der Waals surface area contributed by atoms with Crippen LogP contribution in [0.4, 0.5) is 0 Å². The Kier molecular flexibility index (Phi) is 2.02. The second-order valence-electron chi connectivity index (χ2n) is 3.29. The van der Waals surface area contributed by atoms with E-state index in [-0.39, 0.29) is 18.0 Å². The van der Waals surface area contributed by atoms with Gasteiger partial charge in [0.2, 0.25) is 0 Å². The van der Waals surface area contributed by atoms with Crippen LogP contribution in [0.3, 0.4) is 0 Å². The smallest absolute Gasteiger partial charge is 0.163 e. The van der Waals surface area contributed by atoms with Crippen LogP contribution >= 0.6 is 0 Å². The lowest BCUT2D eigenvalue weighted by molar-refractivity contribution is -0.145. The second-order valence-corrected chi connectivity index (χ2v) is 3.29. The third-order valence-electron chi connectivity index (χ3n) is 1.83. The first kappa shape index (κ1) is 8.02. The van der Waals surface area contributed by atoms with Crippen LogP contribution in [0.2, 0.25) is 0 Å². The second kappa shape index (κ2) is 2.51. The molecule has 2 nitrogen and oxygen atoms in total. The van der Waals surface area contributed by atoms with Crippen molar-refractivity contribution >= 4 is 0 Å². The Morgan fingerprint density at radius 2 is 1.90 bits per heavy atom. The normalized spacial score (nSPS) is 38.4. The minimum atomic E-state index is -0.361. The van der Waals surface area contributed by atoms with E-state index in [9.17, 15) is 0 Å². The SMILES string of the molecule is CCC1OC(C)(C)OC1C. The number of hydrogen-bond acceptors (Lipinski definition) is 2. The predicted octanol–water partition coefficient (Wildman–Crippen LogP) is 1.94. The van der Waals surface area contributed by atoms with Crippen LogP contribution in [0.1, 0.15) is 34.1 Å². The summed E-state index contributed by atoms with van der Waals surface area (Å²) in [5.41, 5.74) is 0. The molecule has 0 bridgehead atoms. The molecule has 0 saturated carbocycles. The van der Waals surface area contributed by atoms with E-state index < -0.39 is 0 Å². The van der Waals surface area contributed by atoms with E-state index in [4.69, 9.17) is 9.47 Å². The Bertz CT molecular complexity index is 120. The lowest BCUT2D eigenvalue weighted by Gasteiger charge is -2.16. The summed E-state index contributed by atoms with van der Waals surface area (Å²) in [5.74, 6) is -0.361. The van der Waals surface area contributed by atoms with E-state index in [2.05, 4.69) is 13.8 Å². The predicted molar refractivity (Wildman–Crippen MR) is 39.8 cm³/mol. The minimum absolute atomic E-state index is 0.250. The first-order valence-electron chi connectivity index (χ1n) is 3.91. The standard InChI is InChI=1S/C8H16O2/c1-5-7-6(2)9-8(3,4)10-7/h6-7H,5H2,1-4H3. The van der Waals surface area contributed by atoms with Crippen molar-refractivity contribution < 1.29 is 9.47 Å².